The lowest BCUT2D eigenvalue weighted by Crippen LogP contribution is -2.12. The van der Waals surface area contributed by atoms with E-state index in [4.69, 9.17) is 11.6 Å². The lowest BCUT2D eigenvalue weighted by atomic mass is 10.1. The maximum absolute atomic E-state index is 12.6. The van der Waals surface area contributed by atoms with Crippen LogP contribution in [0.3, 0.4) is 0 Å². The van der Waals surface area contributed by atoms with Crippen LogP contribution in [0.2, 0.25) is 0 Å². The number of carbonyl (C=O) groups is 1. The summed E-state index contributed by atoms with van der Waals surface area (Å²) in [6.45, 7) is 0. The highest BCUT2D eigenvalue weighted by atomic mass is 35.5. The molecule has 0 bridgehead atoms. The van der Waals surface area contributed by atoms with E-state index >= 15 is 0 Å². The molecule has 1 nitrogen and oxygen atoms in total. The molecule has 82 valence electrons. The molecule has 0 spiro atoms. The fraction of sp³-hybridized carbons (Fsp3) is 0.125. The third-order valence-electron chi connectivity index (χ3n) is 1.58. The Bertz CT molecular complexity index is 412. The Morgan fingerprint density at radius 1 is 1.13 bits per heavy atom. The maximum Gasteiger partial charge on any atom is 0.417 e. The van der Waals surface area contributed by atoms with Crippen LogP contribution in [0.5, 0.6) is 0 Å². The number of halogens is 6. The summed E-state index contributed by atoms with van der Waals surface area (Å²) in [5.74, 6) is -3.25. The molecule has 0 aliphatic heterocycles. The van der Waals surface area contributed by atoms with Gasteiger partial charge in [-0.1, -0.05) is 0 Å². The zero-order valence-electron chi connectivity index (χ0n) is 6.83. The molecule has 1 aromatic rings. The molecule has 0 unspecified atom stereocenters. The molecule has 0 aliphatic rings. The van der Waals surface area contributed by atoms with Crippen LogP contribution >= 0.6 is 11.6 Å². The van der Waals surface area contributed by atoms with E-state index < -0.39 is 34.2 Å². The van der Waals surface area contributed by atoms with Crippen LogP contribution < -0.4 is 0 Å². The number of alkyl halides is 3. The van der Waals surface area contributed by atoms with E-state index in [0.717, 1.165) is 0 Å². The van der Waals surface area contributed by atoms with Gasteiger partial charge in [0, 0.05) is 5.56 Å². The lowest BCUT2D eigenvalue weighted by molar-refractivity contribution is -0.138. The van der Waals surface area contributed by atoms with Crippen LogP contribution in [0.4, 0.5) is 22.0 Å². The van der Waals surface area contributed by atoms with E-state index in [2.05, 4.69) is 0 Å². The van der Waals surface area contributed by atoms with E-state index in [0.29, 0.717) is 0 Å². The second-order valence-electron chi connectivity index (χ2n) is 2.58. The van der Waals surface area contributed by atoms with Crippen LogP contribution in [-0.4, -0.2) is 5.24 Å². The first kappa shape index (κ1) is 11.9. The first-order valence-electron chi connectivity index (χ1n) is 3.49. The molecule has 1 rings (SSSR count). The molecule has 15 heavy (non-hydrogen) atoms. The minimum atomic E-state index is -4.96. The van der Waals surface area contributed by atoms with Crippen LogP contribution in [0.1, 0.15) is 15.9 Å². The van der Waals surface area contributed by atoms with Crippen molar-refractivity contribution < 1.29 is 26.7 Å². The smallest absolute Gasteiger partial charge is 0.276 e. The Kier molecular flexibility index (Phi) is 2.99. The van der Waals surface area contributed by atoms with Gasteiger partial charge in [0.1, 0.15) is 0 Å². The van der Waals surface area contributed by atoms with Crippen LogP contribution in [0.25, 0.3) is 0 Å². The average molecular weight is 245 g/mol. The van der Waals surface area contributed by atoms with Gasteiger partial charge < -0.3 is 0 Å². The molecule has 0 fully saturated rings. The molecule has 0 radical (unpaired) electrons. The Labute approximate surface area is 85.5 Å². The Morgan fingerprint density at radius 3 is 2.00 bits per heavy atom. The fourth-order valence-corrected chi connectivity index (χ4v) is 1.10. The second-order valence-corrected chi connectivity index (χ2v) is 2.93. The van der Waals surface area contributed by atoms with Crippen molar-refractivity contribution in [2.45, 2.75) is 6.18 Å². The number of hydrogen-bond donors (Lipinski definition) is 0. The van der Waals surface area contributed by atoms with Gasteiger partial charge in [-0.3, -0.25) is 4.79 Å². The molecule has 0 N–H and O–H groups in total. The van der Waals surface area contributed by atoms with Crippen LogP contribution in [-0.2, 0) is 6.18 Å². The largest absolute Gasteiger partial charge is 0.417 e. The first-order chi connectivity index (χ1) is 6.73. The topological polar surface area (TPSA) is 17.1 Å². The summed E-state index contributed by atoms with van der Waals surface area (Å²) in [7, 11) is 0. The highest BCUT2D eigenvalue weighted by molar-refractivity contribution is 6.67. The third-order valence-corrected chi connectivity index (χ3v) is 1.78. The maximum atomic E-state index is 12.6. The van der Waals surface area contributed by atoms with Gasteiger partial charge in [0.2, 0.25) is 0 Å². The van der Waals surface area contributed by atoms with Crippen molar-refractivity contribution >= 4 is 16.8 Å². The number of benzene rings is 1. The van der Waals surface area contributed by atoms with Gasteiger partial charge in [0.05, 0.1) is 5.56 Å². The van der Waals surface area contributed by atoms with Gasteiger partial charge in [0.25, 0.3) is 5.24 Å². The normalized spacial score (nSPS) is 11.6. The van der Waals surface area contributed by atoms with E-state index in [1.807, 2.05) is 0 Å². The number of carbonyl (C=O) groups excluding carboxylic acids is 1. The van der Waals surface area contributed by atoms with Crippen LogP contribution in [0, 0.1) is 11.6 Å². The zero-order valence-corrected chi connectivity index (χ0v) is 7.59. The SMILES string of the molecule is O=C(Cl)c1cc(F)c(F)cc1C(F)(F)F. The molecular weight excluding hydrogens is 243 g/mol. The van der Waals surface area contributed by atoms with Crippen molar-refractivity contribution in [3.63, 3.8) is 0 Å². The van der Waals surface area contributed by atoms with Gasteiger partial charge in [-0.15, -0.1) is 0 Å². The summed E-state index contributed by atoms with van der Waals surface area (Å²) in [6.07, 6.45) is -4.96. The molecule has 0 heterocycles. The van der Waals surface area contributed by atoms with Crippen molar-refractivity contribution in [3.05, 3.63) is 34.9 Å². The monoisotopic (exact) mass is 244 g/mol. The molecule has 0 saturated carbocycles. The summed E-state index contributed by atoms with van der Waals surface area (Å²) >= 11 is 4.81. The molecule has 0 amide bonds. The van der Waals surface area contributed by atoms with Crippen molar-refractivity contribution in [1.82, 2.24) is 0 Å². The first-order valence-corrected chi connectivity index (χ1v) is 3.87. The fourth-order valence-electron chi connectivity index (χ4n) is 0.944. The summed E-state index contributed by atoms with van der Waals surface area (Å²) in [6, 6.07) is 0.0123. The third kappa shape index (κ3) is 2.44. The van der Waals surface area contributed by atoms with E-state index in [1.54, 1.807) is 0 Å². The van der Waals surface area contributed by atoms with Crippen LogP contribution in [0.15, 0.2) is 12.1 Å². The van der Waals surface area contributed by atoms with Gasteiger partial charge in [-0.05, 0) is 23.7 Å². The summed E-state index contributed by atoms with van der Waals surface area (Å²) in [5, 5.41) is -1.50. The van der Waals surface area contributed by atoms with Crippen molar-refractivity contribution in [3.8, 4) is 0 Å². The quantitative estimate of drug-likeness (QED) is 0.547. The lowest BCUT2D eigenvalue weighted by Gasteiger charge is -2.10. The molecular formula is C8H2ClF5O. The molecule has 0 aromatic heterocycles. The van der Waals surface area contributed by atoms with E-state index in [-0.39, 0.29) is 12.1 Å². The Morgan fingerprint density at radius 2 is 1.60 bits per heavy atom. The Balaban J connectivity index is 3.49. The summed E-state index contributed by atoms with van der Waals surface area (Å²) < 4.78 is 61.7. The van der Waals surface area contributed by atoms with Crippen molar-refractivity contribution in [2.24, 2.45) is 0 Å². The zero-order chi connectivity index (χ0) is 11.8. The minimum Gasteiger partial charge on any atom is -0.276 e. The van der Waals surface area contributed by atoms with Gasteiger partial charge in [-0.25, -0.2) is 8.78 Å². The van der Waals surface area contributed by atoms with Gasteiger partial charge in [0.15, 0.2) is 11.6 Å². The standard InChI is InChI=1S/C8H2ClF5O/c9-7(15)3-1-5(10)6(11)2-4(3)8(12,13)14/h1-2H. The average Bonchev–Trinajstić information content (AvgIpc) is 2.06. The highest BCUT2D eigenvalue weighted by Crippen LogP contribution is 2.33. The van der Waals surface area contributed by atoms with E-state index in [1.165, 1.54) is 0 Å². The number of rotatable bonds is 1. The van der Waals surface area contributed by atoms with Gasteiger partial charge in [-0.2, -0.15) is 13.2 Å². The van der Waals surface area contributed by atoms with E-state index in [9.17, 15) is 26.7 Å². The van der Waals surface area contributed by atoms with Crippen molar-refractivity contribution in [2.75, 3.05) is 0 Å². The Hall–Kier alpha value is -1.17. The molecule has 0 saturated heterocycles. The highest BCUT2D eigenvalue weighted by Gasteiger charge is 2.36. The number of hydrogen-bond acceptors (Lipinski definition) is 1. The molecule has 7 heteroatoms. The van der Waals surface area contributed by atoms with Crippen molar-refractivity contribution in [1.29, 1.82) is 0 Å². The molecule has 1 aromatic carbocycles. The molecule has 0 aliphatic carbocycles. The predicted molar refractivity (Wildman–Crippen MR) is 41.5 cm³/mol. The molecule has 0 atom stereocenters. The summed E-state index contributed by atoms with van der Waals surface area (Å²) in [5.41, 5.74) is -2.70. The predicted octanol–water partition coefficient (Wildman–Crippen LogP) is 3.36. The second kappa shape index (κ2) is 3.77. The summed E-state index contributed by atoms with van der Waals surface area (Å²) in [4.78, 5) is 10.6. The van der Waals surface area contributed by atoms with Gasteiger partial charge >= 0.3 is 6.18 Å². The minimum absolute atomic E-state index is 0.106.